The van der Waals surface area contributed by atoms with E-state index in [1.54, 1.807) is 48.4 Å². The molecule has 3 aromatic rings. The number of carbonyl (C=O) groups is 2. The first-order valence-electron chi connectivity index (χ1n) is 13.4. The quantitative estimate of drug-likeness (QED) is 0.411. The van der Waals surface area contributed by atoms with Crippen molar-refractivity contribution < 1.29 is 23.5 Å². The zero-order valence-corrected chi connectivity index (χ0v) is 22.8. The summed E-state index contributed by atoms with van der Waals surface area (Å²) in [5, 5.41) is 6.19. The number of aryl methyl sites for hydroxylation is 1. The summed E-state index contributed by atoms with van der Waals surface area (Å²) in [4.78, 5) is 31.3. The van der Waals surface area contributed by atoms with Crippen LogP contribution in [0.2, 0.25) is 0 Å². The fraction of sp³-hybridized carbons (Fsp3) is 0.367. The number of ether oxygens (including phenoxy) is 2. The van der Waals surface area contributed by atoms with Crippen LogP contribution in [0.5, 0.6) is 5.75 Å². The van der Waals surface area contributed by atoms with Crippen molar-refractivity contribution >= 4 is 17.5 Å². The Labute approximate surface area is 233 Å². The normalized spacial score (nSPS) is 17.5. The first kappa shape index (κ1) is 27.5. The van der Waals surface area contributed by atoms with Crippen LogP contribution in [0.15, 0.2) is 72.0 Å². The Morgan fingerprint density at radius 3 is 2.45 bits per heavy atom. The summed E-state index contributed by atoms with van der Waals surface area (Å²) in [6.07, 6.45) is 2.41. The van der Waals surface area contributed by atoms with Crippen LogP contribution in [0.25, 0.3) is 0 Å². The second-order valence-electron chi connectivity index (χ2n) is 9.97. The SMILES string of the molecule is COc1ccc(C(=O)N(CCN2CCOCC2)CC(=O)N2N=C(c3cccn3C)CC2c2ccc(F)cc2)cc1. The summed E-state index contributed by atoms with van der Waals surface area (Å²) < 4.78 is 26.4. The van der Waals surface area contributed by atoms with Crippen molar-refractivity contribution in [1.82, 2.24) is 19.4 Å². The van der Waals surface area contributed by atoms with Crippen molar-refractivity contribution in [3.63, 3.8) is 0 Å². The number of carbonyl (C=O) groups excluding carboxylic acids is 2. The van der Waals surface area contributed by atoms with Crippen LogP contribution in [0.3, 0.4) is 0 Å². The maximum absolute atomic E-state index is 13.9. The molecule has 1 unspecified atom stereocenters. The van der Waals surface area contributed by atoms with E-state index in [1.165, 1.54) is 17.1 Å². The van der Waals surface area contributed by atoms with E-state index in [9.17, 15) is 14.0 Å². The smallest absolute Gasteiger partial charge is 0.262 e. The summed E-state index contributed by atoms with van der Waals surface area (Å²) in [6, 6.07) is 16.5. The number of nitrogens with zero attached hydrogens (tertiary/aromatic N) is 5. The second kappa shape index (κ2) is 12.4. The molecule has 2 aliphatic heterocycles. The number of methoxy groups -OCH3 is 1. The van der Waals surface area contributed by atoms with Crippen LogP contribution in [0, 0.1) is 5.82 Å². The summed E-state index contributed by atoms with van der Waals surface area (Å²) >= 11 is 0. The third-order valence-corrected chi connectivity index (χ3v) is 7.40. The molecule has 0 saturated carbocycles. The molecule has 3 heterocycles. The van der Waals surface area contributed by atoms with Crippen LogP contribution < -0.4 is 4.74 Å². The minimum absolute atomic E-state index is 0.142. The fourth-order valence-corrected chi connectivity index (χ4v) is 5.09. The van der Waals surface area contributed by atoms with E-state index in [-0.39, 0.29) is 24.2 Å². The molecule has 2 aliphatic rings. The van der Waals surface area contributed by atoms with Crippen molar-refractivity contribution in [2.24, 2.45) is 12.1 Å². The van der Waals surface area contributed by atoms with Gasteiger partial charge in [-0.25, -0.2) is 9.40 Å². The monoisotopic (exact) mass is 547 g/mol. The van der Waals surface area contributed by atoms with Gasteiger partial charge in [-0.05, 0) is 54.1 Å². The van der Waals surface area contributed by atoms with Crippen molar-refractivity contribution in [3.8, 4) is 5.75 Å². The Bertz CT molecular complexity index is 1350. The van der Waals surface area contributed by atoms with Crippen LogP contribution in [-0.2, 0) is 16.6 Å². The molecular weight excluding hydrogens is 513 g/mol. The van der Waals surface area contributed by atoms with Gasteiger partial charge in [0.05, 0.1) is 37.8 Å². The second-order valence-corrected chi connectivity index (χ2v) is 9.97. The molecule has 2 aromatic carbocycles. The van der Waals surface area contributed by atoms with Crippen molar-refractivity contribution in [2.45, 2.75) is 12.5 Å². The first-order chi connectivity index (χ1) is 19.4. The van der Waals surface area contributed by atoms with Gasteiger partial charge in [0.15, 0.2) is 0 Å². The average Bonchev–Trinajstić information content (AvgIpc) is 3.62. The molecule has 5 rings (SSSR count). The van der Waals surface area contributed by atoms with Crippen LogP contribution in [-0.4, -0.2) is 89.9 Å². The number of hydrogen-bond donors (Lipinski definition) is 0. The molecule has 2 amide bonds. The Kier molecular flexibility index (Phi) is 8.57. The zero-order chi connectivity index (χ0) is 28.1. The maximum Gasteiger partial charge on any atom is 0.262 e. The Balaban J connectivity index is 1.40. The topological polar surface area (TPSA) is 79.6 Å². The third kappa shape index (κ3) is 6.24. The molecule has 0 aliphatic carbocycles. The van der Waals surface area contributed by atoms with Gasteiger partial charge >= 0.3 is 0 Å². The number of rotatable bonds is 9. The predicted molar refractivity (Wildman–Crippen MR) is 149 cm³/mol. The van der Waals surface area contributed by atoms with E-state index in [4.69, 9.17) is 14.6 Å². The number of amides is 2. The summed E-state index contributed by atoms with van der Waals surface area (Å²) in [7, 11) is 3.50. The van der Waals surface area contributed by atoms with E-state index in [0.29, 0.717) is 44.0 Å². The molecule has 0 N–H and O–H groups in total. The Hall–Kier alpha value is -4.02. The van der Waals surface area contributed by atoms with Crippen molar-refractivity contribution in [2.75, 3.05) is 53.0 Å². The van der Waals surface area contributed by atoms with Gasteiger partial charge in [-0.1, -0.05) is 12.1 Å². The van der Waals surface area contributed by atoms with Gasteiger partial charge in [0.1, 0.15) is 18.1 Å². The largest absolute Gasteiger partial charge is 0.497 e. The summed E-state index contributed by atoms with van der Waals surface area (Å²) in [6.45, 7) is 3.71. The average molecular weight is 548 g/mol. The molecule has 9 nitrogen and oxygen atoms in total. The van der Waals surface area contributed by atoms with Gasteiger partial charge in [-0.3, -0.25) is 14.5 Å². The predicted octanol–water partition coefficient (Wildman–Crippen LogP) is 3.33. The number of hydrazone groups is 1. The van der Waals surface area contributed by atoms with E-state index < -0.39 is 6.04 Å². The number of morpholine rings is 1. The van der Waals surface area contributed by atoms with Crippen molar-refractivity contribution in [1.29, 1.82) is 0 Å². The molecule has 1 fully saturated rings. The summed E-state index contributed by atoms with van der Waals surface area (Å²) in [5.74, 6) is -0.243. The van der Waals surface area contributed by atoms with E-state index in [1.807, 2.05) is 29.9 Å². The minimum atomic E-state index is -0.407. The van der Waals surface area contributed by atoms with Gasteiger partial charge in [0.25, 0.3) is 11.8 Å². The van der Waals surface area contributed by atoms with Gasteiger partial charge in [0.2, 0.25) is 0 Å². The number of benzene rings is 2. The molecule has 0 radical (unpaired) electrons. The highest BCUT2D eigenvalue weighted by molar-refractivity contribution is 6.02. The molecule has 1 saturated heterocycles. The van der Waals surface area contributed by atoms with Crippen LogP contribution in [0.4, 0.5) is 4.39 Å². The molecule has 1 aromatic heterocycles. The lowest BCUT2D eigenvalue weighted by Crippen LogP contribution is -2.46. The lowest BCUT2D eigenvalue weighted by Gasteiger charge is -2.31. The molecule has 210 valence electrons. The highest BCUT2D eigenvalue weighted by Crippen LogP contribution is 2.33. The van der Waals surface area contributed by atoms with Crippen LogP contribution >= 0.6 is 0 Å². The van der Waals surface area contributed by atoms with Gasteiger partial charge in [-0.2, -0.15) is 5.10 Å². The minimum Gasteiger partial charge on any atom is -0.497 e. The zero-order valence-electron chi connectivity index (χ0n) is 22.8. The van der Waals surface area contributed by atoms with Gasteiger partial charge in [0, 0.05) is 51.4 Å². The fourth-order valence-electron chi connectivity index (χ4n) is 5.09. The van der Waals surface area contributed by atoms with Crippen molar-refractivity contribution in [3.05, 3.63) is 89.5 Å². The van der Waals surface area contributed by atoms with E-state index in [0.717, 1.165) is 30.1 Å². The molecule has 1 atom stereocenters. The Morgan fingerprint density at radius 1 is 1.07 bits per heavy atom. The lowest BCUT2D eigenvalue weighted by molar-refractivity contribution is -0.133. The van der Waals surface area contributed by atoms with E-state index in [2.05, 4.69) is 4.90 Å². The molecule has 0 spiro atoms. The molecule has 40 heavy (non-hydrogen) atoms. The summed E-state index contributed by atoms with van der Waals surface area (Å²) in [5.41, 5.74) is 2.92. The molecule has 10 heteroatoms. The van der Waals surface area contributed by atoms with Crippen LogP contribution in [0.1, 0.15) is 34.1 Å². The number of halogens is 1. The number of aromatic nitrogens is 1. The highest BCUT2D eigenvalue weighted by Gasteiger charge is 2.35. The number of hydrogen-bond acceptors (Lipinski definition) is 6. The standard InChI is InChI=1S/C30H34FN5O4/c1-33-13-3-4-27(33)26-20-28(22-5-9-24(31)10-6-22)36(32-26)29(37)21-35(15-14-34-16-18-40-19-17-34)30(38)23-7-11-25(39-2)12-8-23/h3-13,28H,14-21H2,1-2H3. The lowest BCUT2D eigenvalue weighted by atomic mass is 10.0. The molecule has 0 bridgehead atoms. The van der Waals surface area contributed by atoms with Gasteiger partial charge in [-0.15, -0.1) is 0 Å². The Morgan fingerprint density at radius 2 is 1.80 bits per heavy atom. The third-order valence-electron chi connectivity index (χ3n) is 7.40. The van der Waals surface area contributed by atoms with Gasteiger partial charge < -0.3 is 18.9 Å². The maximum atomic E-state index is 13.9. The highest BCUT2D eigenvalue weighted by atomic mass is 19.1. The first-order valence-corrected chi connectivity index (χ1v) is 13.4. The molecular formula is C30H34FN5O4. The van der Waals surface area contributed by atoms with E-state index >= 15 is 0 Å².